The fraction of sp³-hybridized carbons (Fsp3) is 0.533. The number of hydrogen-bond acceptors (Lipinski definition) is 1. The maximum absolute atomic E-state index is 12.4. The second-order valence-electron chi connectivity index (χ2n) is 5.32. The fourth-order valence-corrected chi connectivity index (χ4v) is 2.51. The van der Waals surface area contributed by atoms with Crippen molar-refractivity contribution in [3.05, 3.63) is 34.9 Å². The van der Waals surface area contributed by atoms with Gasteiger partial charge in [-0.15, -0.1) is 0 Å². The second-order valence-corrected chi connectivity index (χ2v) is 5.32. The lowest BCUT2D eigenvalue weighted by Crippen LogP contribution is -2.39. The monoisotopic (exact) mass is 231 g/mol. The van der Waals surface area contributed by atoms with E-state index in [1.807, 2.05) is 30.9 Å². The van der Waals surface area contributed by atoms with Gasteiger partial charge in [-0.3, -0.25) is 4.79 Å². The molecule has 2 heteroatoms. The van der Waals surface area contributed by atoms with Crippen LogP contribution in [0.4, 0.5) is 0 Å². The van der Waals surface area contributed by atoms with E-state index in [1.54, 1.807) is 0 Å². The van der Waals surface area contributed by atoms with Crippen molar-refractivity contribution in [2.24, 2.45) is 5.92 Å². The van der Waals surface area contributed by atoms with Crippen molar-refractivity contribution in [3.8, 4) is 0 Å². The highest BCUT2D eigenvalue weighted by Gasteiger charge is 2.22. The molecule has 17 heavy (non-hydrogen) atoms. The molecule has 0 spiro atoms. The van der Waals surface area contributed by atoms with Crippen LogP contribution in [0.2, 0.25) is 0 Å². The van der Waals surface area contributed by atoms with E-state index < -0.39 is 0 Å². The lowest BCUT2D eigenvalue weighted by Gasteiger charge is -2.31. The minimum Gasteiger partial charge on any atom is -0.338 e. The first-order chi connectivity index (χ1) is 8.08. The van der Waals surface area contributed by atoms with Crippen molar-refractivity contribution in [1.82, 2.24) is 4.90 Å². The zero-order valence-electron chi connectivity index (χ0n) is 11.0. The molecule has 1 fully saturated rings. The predicted molar refractivity (Wildman–Crippen MR) is 70.2 cm³/mol. The van der Waals surface area contributed by atoms with Gasteiger partial charge < -0.3 is 4.90 Å². The van der Waals surface area contributed by atoms with Crippen LogP contribution in [0.15, 0.2) is 18.2 Å². The first kappa shape index (κ1) is 12.2. The number of carbonyl (C=O) groups is 1. The van der Waals surface area contributed by atoms with Gasteiger partial charge in [0.25, 0.3) is 5.91 Å². The van der Waals surface area contributed by atoms with E-state index >= 15 is 0 Å². The third-order valence-corrected chi connectivity index (χ3v) is 3.57. The Bertz CT molecular complexity index is 425. The van der Waals surface area contributed by atoms with Crippen molar-refractivity contribution in [1.29, 1.82) is 0 Å². The number of piperidine rings is 1. The maximum atomic E-state index is 12.4. The molecule has 0 N–H and O–H groups in total. The topological polar surface area (TPSA) is 20.3 Å². The number of benzene rings is 1. The molecule has 2 rings (SSSR count). The van der Waals surface area contributed by atoms with Crippen LogP contribution in [0.5, 0.6) is 0 Å². The third-order valence-electron chi connectivity index (χ3n) is 3.57. The largest absolute Gasteiger partial charge is 0.338 e. The van der Waals surface area contributed by atoms with Crippen molar-refractivity contribution < 1.29 is 4.79 Å². The van der Waals surface area contributed by atoms with Crippen LogP contribution in [0.1, 0.15) is 41.3 Å². The number of likely N-dealkylation sites (tertiary alicyclic amines) is 1. The Hall–Kier alpha value is -1.31. The fourth-order valence-electron chi connectivity index (χ4n) is 2.51. The van der Waals surface area contributed by atoms with Crippen LogP contribution in [0.25, 0.3) is 0 Å². The van der Waals surface area contributed by atoms with Crippen molar-refractivity contribution >= 4 is 5.91 Å². The highest BCUT2D eigenvalue weighted by molar-refractivity contribution is 5.95. The molecule has 0 radical (unpaired) electrons. The molecule has 1 aliphatic rings. The maximum Gasteiger partial charge on any atom is 0.254 e. The van der Waals surface area contributed by atoms with Gasteiger partial charge in [0.2, 0.25) is 0 Å². The summed E-state index contributed by atoms with van der Waals surface area (Å²) in [5.41, 5.74) is 3.11. The van der Waals surface area contributed by atoms with Gasteiger partial charge in [-0.25, -0.2) is 0 Å². The molecule has 92 valence electrons. The van der Waals surface area contributed by atoms with Gasteiger partial charge in [0.1, 0.15) is 0 Å². The molecule has 1 saturated heterocycles. The van der Waals surface area contributed by atoms with E-state index in [0.29, 0.717) is 5.92 Å². The van der Waals surface area contributed by atoms with Crippen molar-refractivity contribution in [2.45, 2.75) is 33.6 Å². The van der Waals surface area contributed by atoms with Gasteiger partial charge in [0, 0.05) is 18.7 Å². The highest BCUT2D eigenvalue weighted by atomic mass is 16.2. The van der Waals surface area contributed by atoms with E-state index in [0.717, 1.165) is 36.2 Å². The number of hydrogen-bond donors (Lipinski definition) is 0. The van der Waals surface area contributed by atoms with Crippen molar-refractivity contribution in [2.75, 3.05) is 13.1 Å². The van der Waals surface area contributed by atoms with E-state index in [1.165, 1.54) is 6.42 Å². The molecule has 0 saturated carbocycles. The molecular formula is C15H21NO. The number of aryl methyl sites for hydroxylation is 2. The minimum absolute atomic E-state index is 0.206. The molecule has 1 amide bonds. The Morgan fingerprint density at radius 3 is 2.82 bits per heavy atom. The Kier molecular flexibility index (Phi) is 3.51. The van der Waals surface area contributed by atoms with E-state index in [9.17, 15) is 4.79 Å². The Labute approximate surface area is 104 Å². The molecular weight excluding hydrogens is 210 g/mol. The number of rotatable bonds is 1. The van der Waals surface area contributed by atoms with Crippen LogP contribution in [0.3, 0.4) is 0 Å². The van der Waals surface area contributed by atoms with E-state index in [2.05, 4.69) is 13.0 Å². The van der Waals surface area contributed by atoms with Gasteiger partial charge in [-0.2, -0.15) is 0 Å². The average molecular weight is 231 g/mol. The summed E-state index contributed by atoms with van der Waals surface area (Å²) in [5.74, 6) is 0.843. The minimum atomic E-state index is 0.206. The molecule has 2 nitrogen and oxygen atoms in total. The second kappa shape index (κ2) is 4.91. The van der Waals surface area contributed by atoms with Gasteiger partial charge in [-0.05, 0) is 44.2 Å². The average Bonchev–Trinajstić information content (AvgIpc) is 2.31. The lowest BCUT2D eigenvalue weighted by atomic mass is 9.98. The summed E-state index contributed by atoms with van der Waals surface area (Å²) in [6, 6.07) is 6.11. The highest BCUT2D eigenvalue weighted by Crippen LogP contribution is 2.20. The van der Waals surface area contributed by atoms with Gasteiger partial charge in [-0.1, -0.05) is 24.6 Å². The normalized spacial score (nSPS) is 20.4. The summed E-state index contributed by atoms with van der Waals surface area (Å²) < 4.78 is 0. The van der Waals surface area contributed by atoms with Crippen LogP contribution in [0, 0.1) is 19.8 Å². The summed E-state index contributed by atoms with van der Waals surface area (Å²) >= 11 is 0. The molecule has 1 unspecified atom stereocenters. The standard InChI is InChI=1S/C15H21NO/c1-11-6-7-13(3)14(9-11)15(17)16-8-4-5-12(2)10-16/h6-7,9,12H,4-5,8,10H2,1-3H3. The smallest absolute Gasteiger partial charge is 0.254 e. The molecule has 0 bridgehead atoms. The van der Waals surface area contributed by atoms with Crippen LogP contribution in [-0.2, 0) is 0 Å². The molecule has 1 aliphatic heterocycles. The first-order valence-electron chi connectivity index (χ1n) is 6.44. The van der Waals surface area contributed by atoms with Crippen LogP contribution in [-0.4, -0.2) is 23.9 Å². The molecule has 0 aromatic heterocycles. The summed E-state index contributed by atoms with van der Waals surface area (Å²) in [7, 11) is 0. The number of amides is 1. The van der Waals surface area contributed by atoms with Gasteiger partial charge >= 0.3 is 0 Å². The molecule has 1 aromatic carbocycles. The Morgan fingerprint density at radius 2 is 2.12 bits per heavy atom. The Balaban J connectivity index is 2.21. The van der Waals surface area contributed by atoms with Crippen LogP contribution >= 0.6 is 0 Å². The summed E-state index contributed by atoms with van der Waals surface area (Å²) in [6.07, 6.45) is 2.38. The lowest BCUT2D eigenvalue weighted by molar-refractivity contribution is 0.0682. The number of carbonyl (C=O) groups excluding carboxylic acids is 1. The van der Waals surface area contributed by atoms with E-state index in [-0.39, 0.29) is 5.91 Å². The third kappa shape index (κ3) is 2.68. The van der Waals surface area contributed by atoms with Crippen molar-refractivity contribution in [3.63, 3.8) is 0 Å². The predicted octanol–water partition coefficient (Wildman–Crippen LogP) is 3.18. The van der Waals surface area contributed by atoms with E-state index in [4.69, 9.17) is 0 Å². The molecule has 1 aromatic rings. The summed E-state index contributed by atoms with van der Waals surface area (Å²) in [4.78, 5) is 14.5. The summed E-state index contributed by atoms with van der Waals surface area (Å²) in [6.45, 7) is 8.10. The molecule has 0 aliphatic carbocycles. The quantitative estimate of drug-likeness (QED) is 0.727. The van der Waals surface area contributed by atoms with Crippen LogP contribution < -0.4 is 0 Å². The zero-order chi connectivity index (χ0) is 12.4. The molecule has 1 atom stereocenters. The first-order valence-corrected chi connectivity index (χ1v) is 6.44. The summed E-state index contributed by atoms with van der Waals surface area (Å²) in [5, 5.41) is 0. The van der Waals surface area contributed by atoms with Gasteiger partial charge in [0.15, 0.2) is 0 Å². The Morgan fingerprint density at radius 1 is 1.35 bits per heavy atom. The van der Waals surface area contributed by atoms with Gasteiger partial charge in [0.05, 0.1) is 0 Å². The zero-order valence-corrected chi connectivity index (χ0v) is 11.0. The SMILES string of the molecule is Cc1ccc(C)c(C(=O)N2CCCC(C)C2)c1. The molecule has 1 heterocycles. The number of nitrogens with zero attached hydrogens (tertiary/aromatic N) is 1.